The Morgan fingerprint density at radius 1 is 1.41 bits per heavy atom. The number of amides is 1. The second kappa shape index (κ2) is 5.96. The summed E-state index contributed by atoms with van der Waals surface area (Å²) in [4.78, 5) is 14.6. The Labute approximate surface area is 136 Å². The molecule has 0 saturated carbocycles. The second-order valence-electron chi connectivity index (χ2n) is 6.38. The molecule has 0 aliphatic carbocycles. The lowest BCUT2D eigenvalue weighted by Gasteiger charge is -2.33. The van der Waals surface area contributed by atoms with Gasteiger partial charge in [-0.25, -0.2) is 0 Å². The van der Waals surface area contributed by atoms with Gasteiger partial charge >= 0.3 is 0 Å². The van der Waals surface area contributed by atoms with Crippen molar-refractivity contribution >= 4 is 28.5 Å². The number of nitrogens with zero attached hydrogens (tertiary/aromatic N) is 1. The van der Waals surface area contributed by atoms with Gasteiger partial charge in [0.15, 0.2) is 0 Å². The highest BCUT2D eigenvalue weighted by atomic mass is 35.5. The van der Waals surface area contributed by atoms with Crippen LogP contribution in [0.15, 0.2) is 16.7 Å². The third-order valence-corrected chi connectivity index (χ3v) is 5.34. The Morgan fingerprint density at radius 2 is 2.18 bits per heavy atom. The summed E-state index contributed by atoms with van der Waals surface area (Å²) in [7, 11) is 0. The first kappa shape index (κ1) is 15.4. The van der Waals surface area contributed by atoms with Crippen LogP contribution >= 0.6 is 11.6 Å². The average Bonchev–Trinajstić information content (AvgIpc) is 2.88. The molecular formula is C18H22ClNO2. The number of rotatable bonds is 2. The highest BCUT2D eigenvalue weighted by Crippen LogP contribution is 2.33. The van der Waals surface area contributed by atoms with Crippen LogP contribution in [0.4, 0.5) is 0 Å². The van der Waals surface area contributed by atoms with Crippen molar-refractivity contribution in [3.05, 3.63) is 34.0 Å². The molecule has 4 heteroatoms. The molecule has 0 bridgehead atoms. The van der Waals surface area contributed by atoms with Crippen molar-refractivity contribution in [3.63, 3.8) is 0 Å². The van der Waals surface area contributed by atoms with Crippen LogP contribution in [0.1, 0.15) is 42.9 Å². The summed E-state index contributed by atoms with van der Waals surface area (Å²) in [5, 5.41) is 1.75. The van der Waals surface area contributed by atoms with E-state index in [9.17, 15) is 4.79 Å². The summed E-state index contributed by atoms with van der Waals surface area (Å²) in [5.74, 6) is 0.186. The Hall–Kier alpha value is -1.48. The Balaban J connectivity index is 1.91. The fourth-order valence-corrected chi connectivity index (χ4v) is 3.62. The van der Waals surface area contributed by atoms with Gasteiger partial charge in [-0.15, -0.1) is 0 Å². The number of halogens is 1. The lowest BCUT2D eigenvalue weighted by atomic mass is 10.00. The van der Waals surface area contributed by atoms with Gasteiger partial charge in [-0.05, 0) is 57.2 Å². The molecule has 2 heterocycles. The van der Waals surface area contributed by atoms with E-state index in [0.29, 0.717) is 12.5 Å². The maximum atomic E-state index is 12.6. The Morgan fingerprint density at radius 3 is 2.91 bits per heavy atom. The summed E-state index contributed by atoms with van der Waals surface area (Å²) in [6.07, 6.45) is 5.51. The number of benzene rings is 1. The van der Waals surface area contributed by atoms with E-state index in [-0.39, 0.29) is 5.91 Å². The maximum absolute atomic E-state index is 12.6. The van der Waals surface area contributed by atoms with Crippen molar-refractivity contribution in [1.82, 2.24) is 4.90 Å². The number of aryl methyl sites for hydroxylation is 2. The molecule has 1 fully saturated rings. The summed E-state index contributed by atoms with van der Waals surface area (Å²) in [5.41, 5.74) is 3.76. The van der Waals surface area contributed by atoms with Crippen LogP contribution in [0.3, 0.4) is 0 Å². The smallest absolute Gasteiger partial charge is 0.227 e. The minimum absolute atomic E-state index is 0.186. The predicted molar refractivity (Wildman–Crippen MR) is 89.4 cm³/mol. The maximum Gasteiger partial charge on any atom is 0.227 e. The molecule has 1 aliphatic heterocycles. The molecule has 2 aromatic rings. The summed E-state index contributed by atoms with van der Waals surface area (Å²) in [6.45, 7) is 6.97. The predicted octanol–water partition coefficient (Wildman–Crippen LogP) is 4.65. The quantitative estimate of drug-likeness (QED) is 0.807. The fraction of sp³-hybridized carbons (Fsp3) is 0.500. The van der Waals surface area contributed by atoms with Gasteiger partial charge in [0.25, 0.3) is 0 Å². The number of piperidine rings is 1. The van der Waals surface area contributed by atoms with Gasteiger partial charge < -0.3 is 9.32 Å². The van der Waals surface area contributed by atoms with Crippen molar-refractivity contribution in [2.24, 2.45) is 0 Å². The van der Waals surface area contributed by atoms with E-state index in [1.54, 1.807) is 6.26 Å². The van der Waals surface area contributed by atoms with Gasteiger partial charge in [-0.1, -0.05) is 11.6 Å². The van der Waals surface area contributed by atoms with E-state index >= 15 is 0 Å². The third kappa shape index (κ3) is 2.63. The van der Waals surface area contributed by atoms with Gasteiger partial charge in [0.1, 0.15) is 5.58 Å². The molecule has 1 aliphatic rings. The van der Waals surface area contributed by atoms with E-state index < -0.39 is 0 Å². The molecule has 0 N–H and O–H groups in total. The first-order valence-corrected chi connectivity index (χ1v) is 8.32. The number of hydrogen-bond acceptors (Lipinski definition) is 2. The molecular weight excluding hydrogens is 298 g/mol. The van der Waals surface area contributed by atoms with E-state index in [1.165, 1.54) is 6.42 Å². The highest BCUT2D eigenvalue weighted by molar-refractivity contribution is 6.33. The van der Waals surface area contributed by atoms with E-state index in [0.717, 1.165) is 52.1 Å². The molecule has 3 rings (SSSR count). The summed E-state index contributed by atoms with van der Waals surface area (Å²) < 4.78 is 5.65. The first-order chi connectivity index (χ1) is 10.5. The molecule has 1 saturated heterocycles. The van der Waals surface area contributed by atoms with Crippen LogP contribution in [0, 0.1) is 13.8 Å². The lowest BCUT2D eigenvalue weighted by molar-refractivity contribution is -0.133. The Kier molecular flexibility index (Phi) is 4.18. The van der Waals surface area contributed by atoms with Crippen molar-refractivity contribution in [1.29, 1.82) is 0 Å². The standard InChI is InChI=1S/C18H22ClNO2/c1-11-8-15-17(13(3)18(11)19)14(10-22-15)9-16(21)20-7-5-4-6-12(20)2/h8,10,12H,4-7,9H2,1-3H3. The van der Waals surface area contributed by atoms with Gasteiger partial charge in [0.2, 0.25) is 5.91 Å². The zero-order chi connectivity index (χ0) is 15.9. The van der Waals surface area contributed by atoms with Crippen LogP contribution in [0.2, 0.25) is 5.02 Å². The molecule has 22 heavy (non-hydrogen) atoms. The van der Waals surface area contributed by atoms with Gasteiger partial charge in [-0.3, -0.25) is 4.79 Å². The van der Waals surface area contributed by atoms with Crippen molar-refractivity contribution in [2.45, 2.75) is 52.5 Å². The number of carbonyl (C=O) groups excluding carboxylic acids is 1. The monoisotopic (exact) mass is 319 g/mol. The SMILES string of the molecule is Cc1cc2occ(CC(=O)N3CCCCC3C)c2c(C)c1Cl. The fourth-order valence-electron chi connectivity index (χ4n) is 3.47. The van der Waals surface area contributed by atoms with E-state index in [4.69, 9.17) is 16.0 Å². The number of furan rings is 1. The molecule has 0 spiro atoms. The summed E-state index contributed by atoms with van der Waals surface area (Å²) in [6, 6.07) is 2.29. The average molecular weight is 320 g/mol. The van der Waals surface area contributed by atoms with Gasteiger partial charge in [-0.2, -0.15) is 0 Å². The summed E-state index contributed by atoms with van der Waals surface area (Å²) >= 11 is 6.36. The molecule has 1 amide bonds. The number of likely N-dealkylation sites (tertiary alicyclic amines) is 1. The molecule has 118 valence electrons. The topological polar surface area (TPSA) is 33.5 Å². The highest BCUT2D eigenvalue weighted by Gasteiger charge is 2.24. The van der Waals surface area contributed by atoms with Gasteiger partial charge in [0.05, 0.1) is 12.7 Å². The molecule has 0 radical (unpaired) electrons. The van der Waals surface area contributed by atoms with Crippen molar-refractivity contribution < 1.29 is 9.21 Å². The van der Waals surface area contributed by atoms with E-state index in [2.05, 4.69) is 6.92 Å². The zero-order valence-electron chi connectivity index (χ0n) is 13.4. The van der Waals surface area contributed by atoms with Crippen LogP contribution < -0.4 is 0 Å². The first-order valence-electron chi connectivity index (χ1n) is 7.94. The number of carbonyl (C=O) groups is 1. The Bertz CT molecular complexity index is 719. The van der Waals surface area contributed by atoms with Crippen molar-refractivity contribution in [3.8, 4) is 0 Å². The van der Waals surface area contributed by atoms with Crippen LogP contribution in [-0.4, -0.2) is 23.4 Å². The van der Waals surface area contributed by atoms with Crippen molar-refractivity contribution in [2.75, 3.05) is 6.54 Å². The molecule has 3 nitrogen and oxygen atoms in total. The lowest BCUT2D eigenvalue weighted by Crippen LogP contribution is -2.42. The molecule has 1 aromatic carbocycles. The third-order valence-electron chi connectivity index (χ3n) is 4.76. The van der Waals surface area contributed by atoms with E-state index in [1.807, 2.05) is 24.8 Å². The minimum Gasteiger partial charge on any atom is -0.464 e. The molecule has 1 aromatic heterocycles. The van der Waals surface area contributed by atoms with Crippen LogP contribution in [0.25, 0.3) is 11.0 Å². The largest absolute Gasteiger partial charge is 0.464 e. The zero-order valence-corrected chi connectivity index (χ0v) is 14.2. The van der Waals surface area contributed by atoms with Crippen LogP contribution in [0.5, 0.6) is 0 Å². The number of fused-ring (bicyclic) bond motifs is 1. The molecule has 1 unspecified atom stereocenters. The van der Waals surface area contributed by atoms with Gasteiger partial charge in [0, 0.05) is 28.6 Å². The normalized spacial score (nSPS) is 18.9. The van der Waals surface area contributed by atoms with Crippen LogP contribution in [-0.2, 0) is 11.2 Å². The number of hydrogen-bond donors (Lipinski definition) is 0. The minimum atomic E-state index is 0.186. The second-order valence-corrected chi connectivity index (χ2v) is 6.75. The molecule has 1 atom stereocenters.